The number of hydrogen-bond donors (Lipinski definition) is 0. The van der Waals surface area contributed by atoms with E-state index in [1.54, 1.807) is 4.90 Å². The van der Waals surface area contributed by atoms with Gasteiger partial charge in [-0.25, -0.2) is 4.98 Å². The van der Waals surface area contributed by atoms with Crippen molar-refractivity contribution in [2.24, 2.45) is 0 Å². The first-order valence-corrected chi connectivity index (χ1v) is 8.58. The number of amides is 1. The van der Waals surface area contributed by atoms with Crippen LogP contribution in [-0.4, -0.2) is 16.0 Å². The first-order chi connectivity index (χ1) is 12.2. The highest BCUT2D eigenvalue weighted by Crippen LogP contribution is 2.18. The molecule has 0 aliphatic heterocycles. The van der Waals surface area contributed by atoms with Crippen molar-refractivity contribution in [3.63, 3.8) is 0 Å². The molecule has 0 spiro atoms. The van der Waals surface area contributed by atoms with Crippen molar-refractivity contribution in [3.8, 4) is 0 Å². The largest absolute Gasteiger partial charge is 0.333 e. The first kappa shape index (κ1) is 18.5. The van der Waals surface area contributed by atoms with Gasteiger partial charge in [0.2, 0.25) is 6.41 Å². The average molecular weight is 335 g/mol. The third-order valence-electron chi connectivity index (χ3n) is 3.69. The van der Waals surface area contributed by atoms with Gasteiger partial charge in [0.1, 0.15) is 0 Å². The van der Waals surface area contributed by atoms with Crippen LogP contribution >= 0.6 is 0 Å². The highest BCUT2D eigenvalue weighted by Gasteiger charge is 2.07. The van der Waals surface area contributed by atoms with Crippen LogP contribution in [0.5, 0.6) is 0 Å². The van der Waals surface area contributed by atoms with E-state index in [4.69, 9.17) is 0 Å². The Bertz CT molecular complexity index is 781. The number of benzene rings is 2. The molecule has 130 valence electrons. The van der Waals surface area contributed by atoms with Crippen molar-refractivity contribution in [3.05, 3.63) is 83.9 Å². The number of aromatic nitrogens is 2. The van der Waals surface area contributed by atoms with Crippen molar-refractivity contribution in [1.29, 1.82) is 0 Å². The van der Waals surface area contributed by atoms with Crippen LogP contribution in [-0.2, 0) is 17.9 Å². The van der Waals surface area contributed by atoms with Gasteiger partial charge in [-0.05, 0) is 30.2 Å². The van der Waals surface area contributed by atoms with Gasteiger partial charge in [0.15, 0.2) is 0 Å². The number of imidazole rings is 1. The summed E-state index contributed by atoms with van der Waals surface area (Å²) in [5.74, 6) is 0. The van der Waals surface area contributed by atoms with Gasteiger partial charge in [-0.2, -0.15) is 0 Å². The Kier molecular flexibility index (Phi) is 6.96. The Hall–Kier alpha value is -2.88. The van der Waals surface area contributed by atoms with Gasteiger partial charge in [0.05, 0.1) is 18.6 Å². The lowest BCUT2D eigenvalue weighted by Crippen LogP contribution is -2.20. The van der Waals surface area contributed by atoms with Crippen LogP contribution in [0, 0.1) is 6.92 Å². The van der Waals surface area contributed by atoms with Gasteiger partial charge in [-0.1, -0.05) is 56.3 Å². The molecule has 0 unspecified atom stereocenters. The Morgan fingerprint density at radius 2 is 1.76 bits per heavy atom. The van der Waals surface area contributed by atoms with Crippen LogP contribution in [0.3, 0.4) is 0 Å². The molecule has 0 N–H and O–H groups in total. The maximum absolute atomic E-state index is 11.5. The summed E-state index contributed by atoms with van der Waals surface area (Å²) in [7, 11) is 0. The van der Waals surface area contributed by atoms with E-state index in [1.165, 1.54) is 0 Å². The Labute approximate surface area is 149 Å². The number of aryl methyl sites for hydroxylation is 1. The zero-order valence-electron chi connectivity index (χ0n) is 15.1. The fraction of sp³-hybridized carbons (Fsp3) is 0.238. The predicted octanol–water partition coefficient (Wildman–Crippen LogP) is 4.43. The number of nitrogens with zero attached hydrogens (tertiary/aromatic N) is 3. The van der Waals surface area contributed by atoms with Crippen LogP contribution in [0.4, 0.5) is 5.69 Å². The minimum atomic E-state index is 0.567. The van der Waals surface area contributed by atoms with Gasteiger partial charge in [-0.3, -0.25) is 4.79 Å². The van der Waals surface area contributed by atoms with E-state index < -0.39 is 0 Å². The normalized spacial score (nSPS) is 9.88. The summed E-state index contributed by atoms with van der Waals surface area (Å²) in [4.78, 5) is 17.5. The molecule has 4 nitrogen and oxygen atoms in total. The van der Waals surface area contributed by atoms with Crippen molar-refractivity contribution >= 4 is 12.1 Å². The average Bonchev–Trinajstić information content (AvgIpc) is 3.07. The number of hydrogen-bond acceptors (Lipinski definition) is 2. The lowest BCUT2D eigenvalue weighted by molar-refractivity contribution is -0.107. The molecule has 1 amide bonds. The Balaban J connectivity index is 0.00000109. The first-order valence-electron chi connectivity index (χ1n) is 8.58. The maximum Gasteiger partial charge on any atom is 0.214 e. The zero-order chi connectivity index (χ0) is 18.1. The van der Waals surface area contributed by atoms with Gasteiger partial charge >= 0.3 is 0 Å². The summed E-state index contributed by atoms with van der Waals surface area (Å²) >= 11 is 0. The van der Waals surface area contributed by atoms with E-state index in [0.29, 0.717) is 6.54 Å². The smallest absolute Gasteiger partial charge is 0.214 e. The number of rotatable bonds is 6. The SMILES string of the molecule is CC.Cc1cn(Cc2cccc(N(C=O)Cc3ccccc3)c2)cn1. The van der Waals surface area contributed by atoms with Gasteiger partial charge < -0.3 is 9.47 Å². The van der Waals surface area contributed by atoms with E-state index >= 15 is 0 Å². The Morgan fingerprint density at radius 3 is 2.40 bits per heavy atom. The van der Waals surface area contributed by atoms with E-state index in [9.17, 15) is 4.79 Å². The second-order valence-corrected chi connectivity index (χ2v) is 5.58. The van der Waals surface area contributed by atoms with Gasteiger partial charge in [0, 0.05) is 18.4 Å². The number of carbonyl (C=O) groups excluding carboxylic acids is 1. The lowest BCUT2D eigenvalue weighted by atomic mass is 10.1. The molecule has 4 heteroatoms. The maximum atomic E-state index is 11.5. The Morgan fingerprint density at radius 1 is 1.04 bits per heavy atom. The monoisotopic (exact) mass is 335 g/mol. The molecule has 1 heterocycles. The van der Waals surface area contributed by atoms with Crippen LogP contribution in [0.25, 0.3) is 0 Å². The summed E-state index contributed by atoms with van der Waals surface area (Å²) in [5, 5.41) is 0. The summed E-state index contributed by atoms with van der Waals surface area (Å²) in [6, 6.07) is 18.0. The fourth-order valence-corrected chi connectivity index (χ4v) is 2.57. The molecule has 0 aliphatic carbocycles. The third-order valence-corrected chi connectivity index (χ3v) is 3.69. The van der Waals surface area contributed by atoms with Crippen LogP contribution in [0.15, 0.2) is 67.1 Å². The topological polar surface area (TPSA) is 38.1 Å². The van der Waals surface area contributed by atoms with Crippen molar-refractivity contribution in [2.75, 3.05) is 4.90 Å². The molecule has 0 saturated heterocycles. The van der Waals surface area contributed by atoms with E-state index in [1.807, 2.05) is 86.4 Å². The fourth-order valence-electron chi connectivity index (χ4n) is 2.57. The van der Waals surface area contributed by atoms with Crippen molar-refractivity contribution in [2.45, 2.75) is 33.9 Å². The van der Waals surface area contributed by atoms with Crippen LogP contribution < -0.4 is 4.90 Å². The van der Waals surface area contributed by atoms with Gasteiger partial charge in [0.25, 0.3) is 0 Å². The minimum absolute atomic E-state index is 0.567. The van der Waals surface area contributed by atoms with E-state index in [0.717, 1.165) is 35.5 Å². The summed E-state index contributed by atoms with van der Waals surface area (Å²) in [6.07, 6.45) is 4.71. The minimum Gasteiger partial charge on any atom is -0.333 e. The van der Waals surface area contributed by atoms with Crippen LogP contribution in [0.2, 0.25) is 0 Å². The molecule has 0 aliphatic rings. The summed E-state index contributed by atoms with van der Waals surface area (Å²) < 4.78 is 2.04. The second-order valence-electron chi connectivity index (χ2n) is 5.58. The van der Waals surface area contributed by atoms with Crippen molar-refractivity contribution in [1.82, 2.24) is 9.55 Å². The highest BCUT2D eigenvalue weighted by atomic mass is 16.1. The molecular weight excluding hydrogens is 310 g/mol. The van der Waals surface area contributed by atoms with Gasteiger partial charge in [-0.15, -0.1) is 0 Å². The second kappa shape index (κ2) is 9.42. The predicted molar refractivity (Wildman–Crippen MR) is 103 cm³/mol. The third kappa shape index (κ3) is 5.31. The zero-order valence-corrected chi connectivity index (χ0v) is 15.1. The standard InChI is InChI=1S/C19H19N3O.C2H6/c1-16-11-21(14-20-16)12-18-8-5-9-19(10-18)22(15-23)13-17-6-3-2-4-7-17;1-2/h2-11,14-15H,12-13H2,1H3;1-2H3. The molecule has 0 bridgehead atoms. The summed E-state index contributed by atoms with van der Waals surface area (Å²) in [5.41, 5.74) is 4.15. The summed E-state index contributed by atoms with van der Waals surface area (Å²) in [6.45, 7) is 7.28. The quantitative estimate of drug-likeness (QED) is 0.625. The van der Waals surface area contributed by atoms with Crippen molar-refractivity contribution < 1.29 is 4.79 Å². The van der Waals surface area contributed by atoms with E-state index in [-0.39, 0.29) is 0 Å². The molecule has 0 atom stereocenters. The van der Waals surface area contributed by atoms with Crippen LogP contribution in [0.1, 0.15) is 30.7 Å². The molecule has 3 aromatic rings. The highest BCUT2D eigenvalue weighted by molar-refractivity contribution is 5.75. The molecule has 0 radical (unpaired) electrons. The number of anilines is 1. The molecule has 0 saturated carbocycles. The molecule has 0 fully saturated rings. The number of carbonyl (C=O) groups is 1. The lowest BCUT2D eigenvalue weighted by Gasteiger charge is -2.18. The molecule has 25 heavy (non-hydrogen) atoms. The molecule has 1 aromatic heterocycles. The van der Waals surface area contributed by atoms with E-state index in [2.05, 4.69) is 11.1 Å². The molecule has 2 aromatic carbocycles. The molecule has 3 rings (SSSR count). The molecular formula is C21H25N3O.